The monoisotopic (exact) mass is 314 g/mol. The van der Waals surface area contributed by atoms with Crippen molar-refractivity contribution in [1.82, 2.24) is 0 Å². The van der Waals surface area contributed by atoms with Crippen LogP contribution in [-0.4, -0.2) is 13.1 Å². The molecule has 1 aromatic carbocycles. The average molecular weight is 315 g/mol. The molecule has 0 bridgehead atoms. The summed E-state index contributed by atoms with van der Waals surface area (Å²) in [5.41, 5.74) is -1.90. The van der Waals surface area contributed by atoms with Gasteiger partial charge in [-0.05, 0) is 17.7 Å². The van der Waals surface area contributed by atoms with Gasteiger partial charge in [0, 0.05) is 4.47 Å². The van der Waals surface area contributed by atoms with Crippen molar-refractivity contribution < 1.29 is 27.1 Å². The van der Waals surface area contributed by atoms with Crippen LogP contribution in [0.15, 0.2) is 16.6 Å². The Kier molecular flexibility index (Phi) is 4.13. The third-order valence-electron chi connectivity index (χ3n) is 1.98. The van der Waals surface area contributed by atoms with Crippen molar-refractivity contribution in [2.75, 3.05) is 7.11 Å². The van der Waals surface area contributed by atoms with Gasteiger partial charge in [0.1, 0.15) is 5.82 Å². The highest BCUT2D eigenvalue weighted by Gasteiger charge is 2.37. The molecule has 7 heteroatoms. The molecule has 0 amide bonds. The normalized spacial score (nSPS) is 11.4. The summed E-state index contributed by atoms with van der Waals surface area (Å²) in [6.45, 7) is 0. The first-order valence-corrected chi connectivity index (χ1v) is 5.17. The molecule has 0 aliphatic rings. The van der Waals surface area contributed by atoms with Crippen LogP contribution in [0.4, 0.5) is 17.6 Å². The number of alkyl halides is 3. The summed E-state index contributed by atoms with van der Waals surface area (Å²) in [7, 11) is 1.05. The van der Waals surface area contributed by atoms with Crippen LogP contribution in [0.25, 0.3) is 0 Å². The topological polar surface area (TPSA) is 26.3 Å². The van der Waals surface area contributed by atoms with Gasteiger partial charge in [0.2, 0.25) is 0 Å². The summed E-state index contributed by atoms with van der Waals surface area (Å²) >= 11 is 2.87. The third kappa shape index (κ3) is 3.42. The second kappa shape index (κ2) is 5.03. The lowest BCUT2D eigenvalue weighted by Gasteiger charge is -2.13. The fourth-order valence-electron chi connectivity index (χ4n) is 1.31. The molecule has 0 atom stereocenters. The maximum absolute atomic E-state index is 13.3. The molecule has 0 saturated heterocycles. The number of ether oxygens (including phenoxy) is 1. The van der Waals surface area contributed by atoms with Crippen molar-refractivity contribution >= 4 is 21.9 Å². The van der Waals surface area contributed by atoms with E-state index >= 15 is 0 Å². The first kappa shape index (κ1) is 14.0. The lowest BCUT2D eigenvalue weighted by Crippen LogP contribution is -2.15. The molecule has 94 valence electrons. The number of hydrogen-bond acceptors (Lipinski definition) is 2. The maximum atomic E-state index is 13.3. The number of halogens is 5. The molecule has 0 spiro atoms. The first-order chi connectivity index (χ1) is 7.75. The maximum Gasteiger partial charge on any atom is 0.419 e. The minimum atomic E-state index is -4.85. The Morgan fingerprint density at radius 1 is 1.41 bits per heavy atom. The molecule has 17 heavy (non-hydrogen) atoms. The highest BCUT2D eigenvalue weighted by atomic mass is 79.9. The molecule has 0 aliphatic heterocycles. The molecule has 0 aliphatic carbocycles. The molecule has 0 aromatic heterocycles. The Bertz CT molecular complexity index is 443. The minimum absolute atomic E-state index is 0.127. The zero-order chi connectivity index (χ0) is 13.2. The molecule has 0 unspecified atom stereocenters. The average Bonchev–Trinajstić information content (AvgIpc) is 2.13. The summed E-state index contributed by atoms with van der Waals surface area (Å²) in [6, 6.07) is 1.74. The Morgan fingerprint density at radius 3 is 2.47 bits per heavy atom. The highest BCUT2D eigenvalue weighted by molar-refractivity contribution is 9.10. The van der Waals surface area contributed by atoms with Crippen molar-refractivity contribution in [3.8, 4) is 0 Å². The number of carbonyl (C=O) groups excluding carboxylic acids is 1. The van der Waals surface area contributed by atoms with E-state index < -0.39 is 35.5 Å². The molecule has 0 N–H and O–H groups in total. The van der Waals surface area contributed by atoms with Crippen LogP contribution in [-0.2, 0) is 22.1 Å². The van der Waals surface area contributed by atoms with Gasteiger partial charge in [0.15, 0.2) is 0 Å². The van der Waals surface area contributed by atoms with Crippen molar-refractivity contribution in [1.29, 1.82) is 0 Å². The lowest BCUT2D eigenvalue weighted by molar-refractivity contribution is -0.142. The SMILES string of the molecule is COC(=O)Cc1cc(Br)cc(F)c1C(F)(F)F. The largest absolute Gasteiger partial charge is 0.469 e. The van der Waals surface area contributed by atoms with Gasteiger partial charge in [0.25, 0.3) is 0 Å². The Morgan fingerprint density at radius 2 is 2.00 bits per heavy atom. The zero-order valence-electron chi connectivity index (χ0n) is 8.57. The van der Waals surface area contributed by atoms with Crippen LogP contribution in [0.1, 0.15) is 11.1 Å². The quantitative estimate of drug-likeness (QED) is 0.618. The van der Waals surface area contributed by atoms with E-state index in [9.17, 15) is 22.4 Å². The Labute approximate surface area is 103 Å². The number of esters is 1. The van der Waals surface area contributed by atoms with Crippen molar-refractivity contribution in [2.24, 2.45) is 0 Å². The van der Waals surface area contributed by atoms with E-state index in [0.717, 1.165) is 13.2 Å². The minimum Gasteiger partial charge on any atom is -0.469 e. The second-order valence-corrected chi connectivity index (χ2v) is 4.09. The molecule has 1 aromatic rings. The van der Waals surface area contributed by atoms with E-state index in [1.54, 1.807) is 0 Å². The lowest BCUT2D eigenvalue weighted by atomic mass is 10.0. The third-order valence-corrected chi connectivity index (χ3v) is 2.44. The van der Waals surface area contributed by atoms with Crippen molar-refractivity contribution in [2.45, 2.75) is 12.6 Å². The van der Waals surface area contributed by atoms with Gasteiger partial charge in [-0.15, -0.1) is 0 Å². The van der Waals surface area contributed by atoms with E-state index in [4.69, 9.17) is 0 Å². The number of carbonyl (C=O) groups is 1. The molecule has 1 rings (SSSR count). The van der Waals surface area contributed by atoms with E-state index in [0.29, 0.717) is 6.07 Å². The van der Waals surface area contributed by atoms with Gasteiger partial charge in [-0.3, -0.25) is 4.79 Å². The van der Waals surface area contributed by atoms with Gasteiger partial charge < -0.3 is 4.74 Å². The summed E-state index contributed by atoms with van der Waals surface area (Å²) in [5, 5.41) is 0. The van der Waals surface area contributed by atoms with Gasteiger partial charge in [-0.2, -0.15) is 13.2 Å². The fraction of sp³-hybridized carbons (Fsp3) is 0.300. The number of rotatable bonds is 2. The second-order valence-electron chi connectivity index (χ2n) is 3.17. The number of benzene rings is 1. The molecule has 0 fully saturated rings. The van der Waals surface area contributed by atoms with Gasteiger partial charge >= 0.3 is 12.1 Å². The molecule has 0 radical (unpaired) electrons. The molecular weight excluding hydrogens is 308 g/mol. The predicted molar refractivity (Wildman–Crippen MR) is 54.8 cm³/mol. The first-order valence-electron chi connectivity index (χ1n) is 4.37. The van der Waals surface area contributed by atoms with Crippen LogP contribution in [0.2, 0.25) is 0 Å². The highest BCUT2D eigenvalue weighted by Crippen LogP contribution is 2.36. The smallest absolute Gasteiger partial charge is 0.419 e. The van der Waals surface area contributed by atoms with Crippen LogP contribution in [0.3, 0.4) is 0 Å². The number of hydrogen-bond donors (Lipinski definition) is 0. The van der Waals surface area contributed by atoms with Crippen LogP contribution in [0, 0.1) is 5.82 Å². The molecule has 2 nitrogen and oxygen atoms in total. The Balaban J connectivity index is 3.31. The van der Waals surface area contributed by atoms with E-state index in [1.165, 1.54) is 0 Å². The van der Waals surface area contributed by atoms with E-state index in [1.807, 2.05) is 0 Å². The van der Waals surface area contributed by atoms with Crippen LogP contribution < -0.4 is 0 Å². The summed E-state index contributed by atoms with van der Waals surface area (Å²) in [4.78, 5) is 11.0. The van der Waals surface area contributed by atoms with Crippen molar-refractivity contribution in [3.63, 3.8) is 0 Å². The molecular formula is C10H7BrF4O2. The fourth-order valence-corrected chi connectivity index (χ4v) is 1.79. The van der Waals surface area contributed by atoms with Crippen molar-refractivity contribution in [3.05, 3.63) is 33.5 Å². The summed E-state index contributed by atoms with van der Waals surface area (Å²) in [6.07, 6.45) is -5.49. The summed E-state index contributed by atoms with van der Waals surface area (Å²) in [5.74, 6) is -2.29. The van der Waals surface area contributed by atoms with Crippen LogP contribution >= 0.6 is 15.9 Å². The predicted octanol–water partition coefficient (Wildman–Crippen LogP) is 3.32. The van der Waals surface area contributed by atoms with E-state index in [2.05, 4.69) is 20.7 Å². The van der Waals surface area contributed by atoms with Gasteiger partial charge in [-0.25, -0.2) is 4.39 Å². The molecule has 0 saturated carbocycles. The van der Waals surface area contributed by atoms with E-state index in [-0.39, 0.29) is 4.47 Å². The van der Waals surface area contributed by atoms with Gasteiger partial charge in [0.05, 0.1) is 19.1 Å². The van der Waals surface area contributed by atoms with Gasteiger partial charge in [-0.1, -0.05) is 15.9 Å². The number of methoxy groups -OCH3 is 1. The zero-order valence-corrected chi connectivity index (χ0v) is 10.2. The molecule has 0 heterocycles. The standard InChI is InChI=1S/C10H7BrF4O2/c1-17-8(16)3-5-2-6(11)4-7(12)9(5)10(13,14)15/h2,4H,3H2,1H3. The van der Waals surface area contributed by atoms with Crippen LogP contribution in [0.5, 0.6) is 0 Å². The summed E-state index contributed by atoms with van der Waals surface area (Å²) < 4.78 is 55.4. The Hall–Kier alpha value is -1.11.